The van der Waals surface area contributed by atoms with Crippen molar-refractivity contribution in [1.29, 1.82) is 0 Å². The smallest absolute Gasteiger partial charge is 0.252 e. The maximum atomic E-state index is 13.8. The molecule has 0 atom stereocenters. The van der Waals surface area contributed by atoms with Crippen LogP contribution in [-0.4, -0.2) is 29.6 Å². The van der Waals surface area contributed by atoms with Crippen LogP contribution in [0.15, 0.2) is 36.4 Å². The van der Waals surface area contributed by atoms with Crippen molar-refractivity contribution in [1.82, 2.24) is 4.90 Å². The molecule has 0 aliphatic carbocycles. The molecular formula is C17H13ClF2N2O2S. The molecule has 0 aromatic heterocycles. The van der Waals surface area contributed by atoms with E-state index in [1.54, 1.807) is 18.2 Å². The molecule has 2 aromatic carbocycles. The second kappa shape index (κ2) is 6.93. The monoisotopic (exact) mass is 382 g/mol. The lowest BCUT2D eigenvalue weighted by atomic mass is 10.2. The average Bonchev–Trinajstić information content (AvgIpc) is 2.85. The molecule has 0 spiro atoms. The Morgan fingerprint density at radius 3 is 2.68 bits per heavy atom. The number of amides is 1. The highest BCUT2D eigenvalue weighted by atomic mass is 35.5. The number of ether oxygens (including phenoxy) is 1. The summed E-state index contributed by atoms with van der Waals surface area (Å²) in [6.45, 7) is -0.0347. The summed E-state index contributed by atoms with van der Waals surface area (Å²) >= 11 is 11.4. The molecule has 25 heavy (non-hydrogen) atoms. The molecule has 2 aromatic rings. The van der Waals surface area contributed by atoms with Crippen LogP contribution in [0, 0.1) is 11.6 Å². The number of anilines is 1. The van der Waals surface area contributed by atoms with Crippen LogP contribution in [0.25, 0.3) is 0 Å². The quantitative estimate of drug-likeness (QED) is 0.754. The molecule has 1 heterocycles. The zero-order chi connectivity index (χ0) is 18.1. The number of hydrogen-bond donors (Lipinski definition) is 0. The van der Waals surface area contributed by atoms with E-state index in [9.17, 15) is 13.6 Å². The summed E-state index contributed by atoms with van der Waals surface area (Å²) < 4.78 is 32.3. The summed E-state index contributed by atoms with van der Waals surface area (Å²) in [5.41, 5.74) is 0.618. The van der Waals surface area contributed by atoms with E-state index in [0.29, 0.717) is 16.5 Å². The molecule has 4 nitrogen and oxygen atoms in total. The van der Waals surface area contributed by atoms with Gasteiger partial charge in [0.15, 0.2) is 5.11 Å². The van der Waals surface area contributed by atoms with Crippen LogP contribution in [-0.2, 0) is 11.3 Å². The van der Waals surface area contributed by atoms with Crippen LogP contribution in [0.4, 0.5) is 14.5 Å². The third-order valence-electron chi connectivity index (χ3n) is 3.80. The third kappa shape index (κ3) is 3.43. The number of hydrogen-bond acceptors (Lipinski definition) is 3. The lowest BCUT2D eigenvalue weighted by Gasteiger charge is -2.21. The fraction of sp³-hybridized carbons (Fsp3) is 0.176. The number of methoxy groups -OCH3 is 1. The summed E-state index contributed by atoms with van der Waals surface area (Å²) in [6.07, 6.45) is 0. The van der Waals surface area contributed by atoms with Gasteiger partial charge in [-0.1, -0.05) is 11.6 Å². The molecular weight excluding hydrogens is 370 g/mol. The van der Waals surface area contributed by atoms with Gasteiger partial charge in [0.1, 0.15) is 23.9 Å². The first-order chi connectivity index (χ1) is 11.9. The summed E-state index contributed by atoms with van der Waals surface area (Å²) in [6, 6.07) is 8.03. The summed E-state index contributed by atoms with van der Waals surface area (Å²) in [7, 11) is 1.49. The average molecular weight is 383 g/mol. The molecule has 0 radical (unpaired) electrons. The van der Waals surface area contributed by atoms with Crippen molar-refractivity contribution in [3.63, 3.8) is 0 Å². The maximum absolute atomic E-state index is 13.8. The number of carbonyl (C=O) groups excluding carboxylic acids is 1. The zero-order valence-electron chi connectivity index (χ0n) is 13.1. The van der Waals surface area contributed by atoms with E-state index in [2.05, 4.69) is 0 Å². The minimum absolute atomic E-state index is 0.00540. The maximum Gasteiger partial charge on any atom is 0.252 e. The molecule has 0 saturated carbocycles. The topological polar surface area (TPSA) is 32.8 Å². The van der Waals surface area contributed by atoms with Crippen molar-refractivity contribution in [2.45, 2.75) is 6.54 Å². The van der Waals surface area contributed by atoms with Crippen molar-refractivity contribution >= 4 is 40.5 Å². The fourth-order valence-corrected chi connectivity index (χ4v) is 3.18. The van der Waals surface area contributed by atoms with E-state index in [-0.39, 0.29) is 29.7 Å². The summed E-state index contributed by atoms with van der Waals surface area (Å²) in [5, 5.41) is 0.542. The minimum atomic E-state index is -0.553. The number of carbonyl (C=O) groups is 1. The van der Waals surface area contributed by atoms with Gasteiger partial charge in [-0.15, -0.1) is 0 Å². The highest BCUT2D eigenvalue weighted by Crippen LogP contribution is 2.31. The number of benzene rings is 2. The molecule has 8 heteroatoms. The largest absolute Gasteiger partial charge is 0.495 e. The Bertz CT molecular complexity index is 863. The molecule has 1 aliphatic heterocycles. The van der Waals surface area contributed by atoms with Gasteiger partial charge < -0.3 is 9.64 Å². The van der Waals surface area contributed by atoms with Gasteiger partial charge in [0, 0.05) is 12.1 Å². The van der Waals surface area contributed by atoms with E-state index in [4.69, 9.17) is 28.6 Å². The van der Waals surface area contributed by atoms with Gasteiger partial charge in [-0.25, -0.2) is 8.78 Å². The Kier molecular flexibility index (Phi) is 4.87. The molecule has 0 unspecified atom stereocenters. The number of thiocarbonyl (C=S) groups is 1. The van der Waals surface area contributed by atoms with Gasteiger partial charge in [0.25, 0.3) is 5.91 Å². The highest BCUT2D eigenvalue weighted by molar-refractivity contribution is 7.80. The van der Waals surface area contributed by atoms with Crippen LogP contribution < -0.4 is 9.64 Å². The second-order valence-electron chi connectivity index (χ2n) is 5.42. The Morgan fingerprint density at radius 2 is 2.00 bits per heavy atom. The van der Waals surface area contributed by atoms with Gasteiger partial charge >= 0.3 is 0 Å². The molecule has 0 N–H and O–H groups in total. The molecule has 1 saturated heterocycles. The van der Waals surface area contributed by atoms with Crippen LogP contribution in [0.2, 0.25) is 5.02 Å². The van der Waals surface area contributed by atoms with Gasteiger partial charge in [0.2, 0.25) is 0 Å². The molecule has 130 valence electrons. The summed E-state index contributed by atoms with van der Waals surface area (Å²) in [4.78, 5) is 15.2. The molecule has 1 amide bonds. The van der Waals surface area contributed by atoms with Crippen LogP contribution in [0.3, 0.4) is 0 Å². The van der Waals surface area contributed by atoms with E-state index in [1.807, 2.05) is 0 Å². The standard InChI is InChI=1S/C17H13ClF2N2O2S/c1-24-15-5-3-12(7-13(15)18)22-16(23)9-21(17(22)25)8-10-6-11(19)2-4-14(10)20/h2-7H,8-9H2,1H3. The van der Waals surface area contributed by atoms with Crippen molar-refractivity contribution < 1.29 is 18.3 Å². The van der Waals surface area contributed by atoms with Gasteiger partial charge in [-0.2, -0.15) is 0 Å². The molecule has 3 rings (SSSR count). The lowest BCUT2D eigenvalue weighted by molar-refractivity contribution is -0.116. The van der Waals surface area contributed by atoms with Crippen molar-refractivity contribution in [2.75, 3.05) is 18.6 Å². The third-order valence-corrected chi connectivity index (χ3v) is 4.54. The highest BCUT2D eigenvalue weighted by Gasteiger charge is 2.34. The van der Waals surface area contributed by atoms with Crippen molar-refractivity contribution in [3.8, 4) is 5.75 Å². The molecule has 1 aliphatic rings. The molecule has 0 bridgehead atoms. The van der Waals surface area contributed by atoms with Crippen molar-refractivity contribution in [2.24, 2.45) is 0 Å². The number of halogens is 3. The number of rotatable bonds is 4. The SMILES string of the molecule is COc1ccc(N2C(=O)CN(Cc3cc(F)ccc3F)C2=S)cc1Cl. The first kappa shape index (κ1) is 17.6. The second-order valence-corrected chi connectivity index (χ2v) is 6.19. The predicted molar refractivity (Wildman–Crippen MR) is 94.9 cm³/mol. The molecule has 1 fully saturated rings. The Labute approximate surface area is 153 Å². The van der Waals surface area contributed by atoms with Gasteiger partial charge in [0.05, 0.1) is 17.8 Å². The van der Waals surface area contributed by atoms with Crippen LogP contribution in [0.5, 0.6) is 5.75 Å². The first-order valence-electron chi connectivity index (χ1n) is 7.30. The van der Waals surface area contributed by atoms with Gasteiger partial charge in [-0.05, 0) is 48.6 Å². The Balaban J connectivity index is 1.85. The normalized spacial score (nSPS) is 14.4. The van der Waals surface area contributed by atoms with Crippen LogP contribution >= 0.6 is 23.8 Å². The zero-order valence-corrected chi connectivity index (χ0v) is 14.7. The predicted octanol–water partition coefficient (Wildman–Crippen LogP) is 3.76. The van der Waals surface area contributed by atoms with E-state index < -0.39 is 11.6 Å². The first-order valence-corrected chi connectivity index (χ1v) is 8.08. The van der Waals surface area contributed by atoms with E-state index in [0.717, 1.165) is 18.2 Å². The minimum Gasteiger partial charge on any atom is -0.495 e. The van der Waals surface area contributed by atoms with E-state index >= 15 is 0 Å². The van der Waals surface area contributed by atoms with Crippen LogP contribution in [0.1, 0.15) is 5.56 Å². The summed E-state index contributed by atoms with van der Waals surface area (Å²) in [5.74, 6) is -0.904. The Morgan fingerprint density at radius 1 is 1.24 bits per heavy atom. The Hall–Kier alpha value is -2.25. The number of nitrogens with zero attached hydrogens (tertiary/aromatic N) is 2. The van der Waals surface area contributed by atoms with Crippen molar-refractivity contribution in [3.05, 3.63) is 58.6 Å². The lowest BCUT2D eigenvalue weighted by Crippen LogP contribution is -2.32. The van der Waals surface area contributed by atoms with Gasteiger partial charge in [-0.3, -0.25) is 9.69 Å². The van der Waals surface area contributed by atoms with E-state index in [1.165, 1.54) is 16.9 Å². The fourth-order valence-electron chi connectivity index (χ4n) is 2.59.